The van der Waals surface area contributed by atoms with E-state index in [-0.39, 0.29) is 5.91 Å². The lowest BCUT2D eigenvalue weighted by Gasteiger charge is -2.20. The van der Waals surface area contributed by atoms with Gasteiger partial charge in [0.2, 0.25) is 5.95 Å². The molecule has 3 aromatic heterocycles. The lowest BCUT2D eigenvalue weighted by Crippen LogP contribution is -2.21. The molecule has 1 amide bonds. The number of anilines is 6. The van der Waals surface area contributed by atoms with Gasteiger partial charge in [-0.15, -0.1) is 0 Å². The Kier molecular flexibility index (Phi) is 11.3. The van der Waals surface area contributed by atoms with Crippen LogP contribution in [-0.4, -0.2) is 83.8 Å². The standard InChI is InChI=1S/C21H21N7O.C14H14N4.O2S/c1-27(2)20(29)14-6-4-7-15(12-14)24-21-22-11-10-19(25-21)28(3)18-9-5-8-17-16(18)13-23-26-17;1-10-16-7-6-14(17-10)18(2)13-5-3-4-11-8-15-9-12(11)13;1-3-2/h4-13H,1-3H3,(H,23,26)(H,22,24,25);3-7,9H,8H2,1-2H3;. The molecule has 4 heterocycles. The van der Waals surface area contributed by atoms with E-state index in [1.807, 2.05) is 74.6 Å². The molecule has 0 unspecified atom stereocenters. The van der Waals surface area contributed by atoms with Gasteiger partial charge < -0.3 is 20.0 Å². The Morgan fingerprint density at radius 2 is 1.52 bits per heavy atom. The second-order valence-corrected chi connectivity index (χ2v) is 11.4. The molecule has 1 aliphatic rings. The summed E-state index contributed by atoms with van der Waals surface area (Å²) in [7, 11) is 7.42. The number of aromatic amines is 1. The van der Waals surface area contributed by atoms with E-state index in [0.717, 1.165) is 52.0 Å². The largest absolute Gasteiger partial charge is 0.345 e. The van der Waals surface area contributed by atoms with Crippen LogP contribution in [0.4, 0.5) is 34.6 Å². The van der Waals surface area contributed by atoms with Crippen LogP contribution in [-0.2, 0) is 18.1 Å². The number of hydrogen-bond acceptors (Lipinski definition) is 12. The molecular formula is C35H35N11O3S. The average Bonchev–Trinajstić information content (AvgIpc) is 3.82. The van der Waals surface area contributed by atoms with E-state index in [1.165, 1.54) is 11.1 Å². The number of aromatic nitrogens is 6. The first-order valence-corrected chi connectivity index (χ1v) is 16.0. The van der Waals surface area contributed by atoms with Gasteiger partial charge in [-0.3, -0.25) is 14.9 Å². The molecule has 6 aromatic rings. The van der Waals surface area contributed by atoms with Crippen LogP contribution in [0.15, 0.2) is 96.4 Å². The summed E-state index contributed by atoms with van der Waals surface area (Å²) >= 11 is -0.750. The number of amides is 1. The van der Waals surface area contributed by atoms with Gasteiger partial charge in [-0.2, -0.15) is 18.5 Å². The molecule has 0 saturated carbocycles. The van der Waals surface area contributed by atoms with Gasteiger partial charge in [-0.05, 0) is 61.0 Å². The molecule has 0 radical (unpaired) electrons. The number of fused-ring (bicyclic) bond motifs is 2. The number of benzene rings is 3. The number of rotatable bonds is 7. The van der Waals surface area contributed by atoms with E-state index in [9.17, 15) is 4.79 Å². The highest BCUT2D eigenvalue weighted by Gasteiger charge is 2.16. The fourth-order valence-corrected chi connectivity index (χ4v) is 5.25. The highest BCUT2D eigenvalue weighted by molar-refractivity contribution is 7.51. The molecule has 0 saturated heterocycles. The molecule has 1 aliphatic heterocycles. The maximum Gasteiger partial charge on any atom is 0.335 e. The van der Waals surface area contributed by atoms with Crippen molar-refractivity contribution < 1.29 is 13.2 Å². The molecule has 0 atom stereocenters. The SMILES string of the molecule is CN(C)C(=O)c1cccc(Nc2nccc(N(C)c3cccc4[nH]ncc34)n2)c1.Cc1nccc(N(C)c2cccc3c2C=NC3)n1.O=S=O. The predicted molar refractivity (Wildman–Crippen MR) is 195 cm³/mol. The Morgan fingerprint density at radius 1 is 0.840 bits per heavy atom. The summed E-state index contributed by atoms with van der Waals surface area (Å²) in [6.07, 6.45) is 7.22. The van der Waals surface area contributed by atoms with Gasteiger partial charge >= 0.3 is 11.6 Å². The van der Waals surface area contributed by atoms with E-state index < -0.39 is 11.6 Å². The van der Waals surface area contributed by atoms with Crippen molar-refractivity contribution in [1.29, 1.82) is 0 Å². The van der Waals surface area contributed by atoms with E-state index in [4.69, 9.17) is 8.42 Å². The van der Waals surface area contributed by atoms with Crippen molar-refractivity contribution in [3.8, 4) is 0 Å². The van der Waals surface area contributed by atoms with E-state index >= 15 is 0 Å². The smallest absolute Gasteiger partial charge is 0.335 e. The molecule has 50 heavy (non-hydrogen) atoms. The van der Waals surface area contributed by atoms with Crippen LogP contribution in [0, 0.1) is 6.92 Å². The molecule has 14 nitrogen and oxygen atoms in total. The van der Waals surface area contributed by atoms with Crippen molar-refractivity contribution in [2.75, 3.05) is 43.3 Å². The van der Waals surface area contributed by atoms with Crippen molar-refractivity contribution in [3.05, 3.63) is 114 Å². The molecule has 254 valence electrons. The number of carbonyl (C=O) groups excluding carboxylic acids is 1. The highest BCUT2D eigenvalue weighted by atomic mass is 32.1. The lowest BCUT2D eigenvalue weighted by atomic mass is 10.1. The van der Waals surface area contributed by atoms with Gasteiger partial charge in [0, 0.05) is 69.0 Å². The molecule has 0 fully saturated rings. The first-order valence-electron chi connectivity index (χ1n) is 15.3. The molecule has 0 spiro atoms. The average molecular weight is 690 g/mol. The van der Waals surface area contributed by atoms with Gasteiger partial charge in [-0.25, -0.2) is 15.0 Å². The Hall–Kier alpha value is -6.35. The minimum absolute atomic E-state index is 0.0590. The van der Waals surface area contributed by atoms with E-state index in [0.29, 0.717) is 11.5 Å². The number of nitrogens with one attached hydrogen (secondary N) is 2. The van der Waals surface area contributed by atoms with Crippen LogP contribution in [0.1, 0.15) is 27.3 Å². The number of nitrogens with zero attached hydrogens (tertiary/aromatic N) is 9. The van der Waals surface area contributed by atoms with Crippen molar-refractivity contribution >= 4 is 69.2 Å². The zero-order chi connectivity index (χ0) is 35.6. The summed E-state index contributed by atoms with van der Waals surface area (Å²) < 4.78 is 16.6. The maximum absolute atomic E-state index is 12.2. The van der Waals surface area contributed by atoms with Crippen LogP contribution in [0.5, 0.6) is 0 Å². The lowest BCUT2D eigenvalue weighted by molar-refractivity contribution is 0.0827. The normalized spacial score (nSPS) is 11.0. The Labute approximate surface area is 292 Å². The topological polar surface area (TPSA) is 166 Å². The summed E-state index contributed by atoms with van der Waals surface area (Å²) in [6, 6.07) is 23.3. The summed E-state index contributed by atoms with van der Waals surface area (Å²) in [4.78, 5) is 39.6. The minimum atomic E-state index is -0.750. The Balaban J connectivity index is 0.000000197. The van der Waals surface area contributed by atoms with Crippen LogP contribution >= 0.6 is 0 Å². The molecule has 15 heteroatoms. The van der Waals surface area contributed by atoms with Gasteiger partial charge in [0.25, 0.3) is 5.91 Å². The third-order valence-electron chi connectivity index (χ3n) is 7.70. The van der Waals surface area contributed by atoms with E-state index in [1.54, 1.807) is 49.7 Å². The Bertz CT molecular complexity index is 2180. The zero-order valence-corrected chi connectivity index (χ0v) is 28.9. The van der Waals surface area contributed by atoms with Crippen LogP contribution in [0.2, 0.25) is 0 Å². The molecule has 7 rings (SSSR count). The third kappa shape index (κ3) is 8.19. The summed E-state index contributed by atoms with van der Waals surface area (Å²) in [5.74, 6) is 2.80. The number of aliphatic imine (C=N–C) groups is 1. The number of aryl methyl sites for hydroxylation is 1. The number of carbonyl (C=O) groups is 1. The van der Waals surface area contributed by atoms with Crippen molar-refractivity contribution in [1.82, 2.24) is 35.0 Å². The minimum Gasteiger partial charge on any atom is -0.345 e. The first kappa shape index (κ1) is 35.0. The fourth-order valence-electron chi connectivity index (χ4n) is 5.25. The molecule has 0 bridgehead atoms. The predicted octanol–water partition coefficient (Wildman–Crippen LogP) is 5.38. The summed E-state index contributed by atoms with van der Waals surface area (Å²) in [5.41, 5.74) is 6.88. The van der Waals surface area contributed by atoms with Crippen LogP contribution in [0.25, 0.3) is 10.9 Å². The van der Waals surface area contributed by atoms with Gasteiger partial charge in [0.15, 0.2) is 0 Å². The zero-order valence-electron chi connectivity index (χ0n) is 28.1. The molecule has 2 N–H and O–H groups in total. The Morgan fingerprint density at radius 3 is 2.28 bits per heavy atom. The second-order valence-electron chi connectivity index (χ2n) is 11.2. The number of H-pyrrole nitrogens is 1. The quantitative estimate of drug-likeness (QED) is 0.221. The van der Waals surface area contributed by atoms with Gasteiger partial charge in [0.05, 0.1) is 29.6 Å². The second kappa shape index (κ2) is 16.2. The monoisotopic (exact) mass is 689 g/mol. The van der Waals surface area contributed by atoms with E-state index in [2.05, 4.69) is 63.5 Å². The maximum atomic E-state index is 12.2. The summed E-state index contributed by atoms with van der Waals surface area (Å²) in [5, 5.41) is 11.3. The highest BCUT2D eigenvalue weighted by Crippen LogP contribution is 2.31. The molecular weight excluding hydrogens is 655 g/mol. The van der Waals surface area contributed by atoms with Crippen molar-refractivity contribution in [2.45, 2.75) is 13.5 Å². The van der Waals surface area contributed by atoms with Gasteiger partial charge in [-0.1, -0.05) is 24.3 Å². The van der Waals surface area contributed by atoms with Crippen molar-refractivity contribution in [2.24, 2.45) is 4.99 Å². The molecule has 0 aliphatic carbocycles. The van der Waals surface area contributed by atoms with Crippen LogP contribution in [0.3, 0.4) is 0 Å². The third-order valence-corrected chi connectivity index (χ3v) is 7.70. The van der Waals surface area contributed by atoms with Gasteiger partial charge in [0.1, 0.15) is 17.5 Å². The fraction of sp³-hybridized carbons (Fsp3) is 0.171. The molecule has 3 aromatic carbocycles. The first-order chi connectivity index (χ1) is 24.2. The van der Waals surface area contributed by atoms with Crippen molar-refractivity contribution in [3.63, 3.8) is 0 Å². The number of hydrogen-bond donors (Lipinski definition) is 2. The summed E-state index contributed by atoms with van der Waals surface area (Å²) in [6.45, 7) is 2.67. The van der Waals surface area contributed by atoms with Crippen LogP contribution < -0.4 is 15.1 Å².